The fourth-order valence-corrected chi connectivity index (χ4v) is 3.19. The molecule has 7 nitrogen and oxygen atoms in total. The van der Waals surface area contributed by atoms with Gasteiger partial charge in [0.05, 0.1) is 6.04 Å². The Labute approximate surface area is 197 Å². The molecule has 4 N–H and O–H groups in total. The fourth-order valence-electron chi connectivity index (χ4n) is 3.06. The van der Waals surface area contributed by atoms with Crippen LogP contribution < -0.4 is 21.3 Å². The molecule has 0 aliphatic carbocycles. The number of rotatable bonds is 8. The van der Waals surface area contributed by atoms with Crippen LogP contribution in [0, 0.1) is 0 Å². The average molecular weight is 465 g/mol. The van der Waals surface area contributed by atoms with E-state index in [4.69, 9.17) is 11.6 Å². The van der Waals surface area contributed by atoms with Crippen LogP contribution in [0.3, 0.4) is 0 Å². The molecule has 0 bridgehead atoms. The van der Waals surface area contributed by atoms with Crippen LogP contribution in [0.25, 0.3) is 0 Å². The van der Waals surface area contributed by atoms with Crippen LogP contribution in [0.4, 0.5) is 16.2 Å². The quantitative estimate of drug-likeness (QED) is 0.378. The van der Waals surface area contributed by atoms with Crippen LogP contribution >= 0.6 is 11.6 Å². The van der Waals surface area contributed by atoms with Gasteiger partial charge >= 0.3 is 6.03 Å². The van der Waals surface area contributed by atoms with Crippen molar-refractivity contribution in [2.24, 2.45) is 0 Å². The van der Waals surface area contributed by atoms with Crippen molar-refractivity contribution in [1.29, 1.82) is 0 Å². The van der Waals surface area contributed by atoms with E-state index in [1.165, 1.54) is 0 Å². The molecule has 0 saturated carbocycles. The van der Waals surface area contributed by atoms with Gasteiger partial charge in [0.1, 0.15) is 0 Å². The van der Waals surface area contributed by atoms with Crippen LogP contribution in [0.15, 0.2) is 78.9 Å². The number of carbonyl (C=O) groups excluding carboxylic acids is 3. The van der Waals surface area contributed by atoms with Gasteiger partial charge in [-0.15, -0.1) is 0 Å². The molecule has 0 aliphatic rings. The third-order valence-electron chi connectivity index (χ3n) is 4.82. The lowest BCUT2D eigenvalue weighted by Gasteiger charge is -2.15. The number of hydrogen-bond donors (Lipinski definition) is 4. The first-order valence-electron chi connectivity index (χ1n) is 10.5. The monoisotopic (exact) mass is 464 g/mol. The van der Waals surface area contributed by atoms with E-state index >= 15 is 0 Å². The van der Waals surface area contributed by atoms with E-state index in [9.17, 15) is 14.4 Å². The number of carbonyl (C=O) groups is 3. The highest BCUT2D eigenvalue weighted by molar-refractivity contribution is 6.30. The third kappa shape index (κ3) is 7.66. The first kappa shape index (κ1) is 23.8. The van der Waals surface area contributed by atoms with Crippen LogP contribution in [0.1, 0.15) is 35.3 Å². The Morgan fingerprint density at radius 1 is 0.818 bits per heavy atom. The molecule has 3 rings (SSSR count). The molecule has 33 heavy (non-hydrogen) atoms. The van der Waals surface area contributed by atoms with Gasteiger partial charge in [-0.3, -0.25) is 9.59 Å². The van der Waals surface area contributed by atoms with Gasteiger partial charge in [0, 0.05) is 34.9 Å². The van der Waals surface area contributed by atoms with E-state index in [1.807, 2.05) is 37.3 Å². The molecule has 8 heteroatoms. The minimum atomic E-state index is -0.337. The van der Waals surface area contributed by atoms with Crippen molar-refractivity contribution in [1.82, 2.24) is 10.6 Å². The Bertz CT molecular complexity index is 1090. The first-order valence-corrected chi connectivity index (χ1v) is 10.8. The zero-order valence-corrected chi connectivity index (χ0v) is 18.9. The summed E-state index contributed by atoms with van der Waals surface area (Å²) in [5.74, 6) is -0.435. The van der Waals surface area contributed by atoms with Gasteiger partial charge in [-0.1, -0.05) is 41.9 Å². The van der Waals surface area contributed by atoms with Gasteiger partial charge < -0.3 is 21.3 Å². The number of anilines is 2. The number of para-hydroxylation sites is 1. The molecule has 1 unspecified atom stereocenters. The average Bonchev–Trinajstić information content (AvgIpc) is 2.80. The Morgan fingerprint density at radius 3 is 2.06 bits per heavy atom. The maximum Gasteiger partial charge on any atom is 0.323 e. The number of benzene rings is 3. The lowest BCUT2D eigenvalue weighted by Crippen LogP contribution is -2.32. The second kappa shape index (κ2) is 11.7. The summed E-state index contributed by atoms with van der Waals surface area (Å²) in [6, 6.07) is 22.4. The maximum atomic E-state index is 12.2. The smallest absolute Gasteiger partial charge is 0.323 e. The highest BCUT2D eigenvalue weighted by Gasteiger charge is 2.11. The molecule has 3 aromatic rings. The number of urea groups is 1. The van der Waals surface area contributed by atoms with Crippen LogP contribution in [-0.2, 0) is 4.79 Å². The molecule has 0 fully saturated rings. The van der Waals surface area contributed by atoms with Crippen molar-refractivity contribution in [3.05, 3.63) is 95.0 Å². The summed E-state index contributed by atoms with van der Waals surface area (Å²) in [7, 11) is 0. The molecule has 1 atom stereocenters. The van der Waals surface area contributed by atoms with Gasteiger partial charge in [-0.05, 0) is 61.0 Å². The van der Waals surface area contributed by atoms with Gasteiger partial charge in [0.15, 0.2) is 0 Å². The number of nitrogens with one attached hydrogen (secondary N) is 4. The Balaban J connectivity index is 1.41. The topological polar surface area (TPSA) is 99.3 Å². The second-order valence-corrected chi connectivity index (χ2v) is 7.81. The summed E-state index contributed by atoms with van der Waals surface area (Å²) < 4.78 is 0. The predicted molar refractivity (Wildman–Crippen MR) is 130 cm³/mol. The molecule has 0 spiro atoms. The van der Waals surface area contributed by atoms with Crippen molar-refractivity contribution in [3.63, 3.8) is 0 Å². The van der Waals surface area contributed by atoms with Gasteiger partial charge in [-0.2, -0.15) is 0 Å². The SMILES string of the molecule is CC(NC(=O)CCNC(=O)c1ccc(Cl)cc1)c1ccc(NC(=O)Nc2ccccc2)cc1. The van der Waals surface area contributed by atoms with Gasteiger partial charge in [0.2, 0.25) is 5.91 Å². The molecule has 0 saturated heterocycles. The van der Waals surface area contributed by atoms with E-state index in [1.54, 1.807) is 48.5 Å². The zero-order chi connectivity index (χ0) is 23.6. The standard InChI is InChI=1S/C25H25ClN4O3/c1-17(28-23(31)15-16-27-24(32)19-7-11-20(26)12-8-19)18-9-13-22(14-10-18)30-25(33)29-21-5-3-2-4-6-21/h2-14,17H,15-16H2,1H3,(H,27,32)(H,28,31)(H2,29,30,33). The lowest BCUT2D eigenvalue weighted by molar-refractivity contribution is -0.121. The summed E-state index contributed by atoms with van der Waals surface area (Å²) in [6.45, 7) is 2.09. The van der Waals surface area contributed by atoms with Crippen molar-refractivity contribution in [2.45, 2.75) is 19.4 Å². The zero-order valence-electron chi connectivity index (χ0n) is 18.1. The second-order valence-electron chi connectivity index (χ2n) is 7.37. The highest BCUT2D eigenvalue weighted by Crippen LogP contribution is 2.17. The van der Waals surface area contributed by atoms with Crippen molar-refractivity contribution < 1.29 is 14.4 Å². The first-order chi connectivity index (χ1) is 15.9. The molecular formula is C25H25ClN4O3. The highest BCUT2D eigenvalue weighted by atomic mass is 35.5. The van der Waals surface area contributed by atoms with Crippen molar-refractivity contribution >= 4 is 40.8 Å². The van der Waals surface area contributed by atoms with Gasteiger partial charge in [0.25, 0.3) is 5.91 Å². The number of halogens is 1. The largest absolute Gasteiger partial charge is 0.352 e. The van der Waals surface area contributed by atoms with Crippen LogP contribution in [0.5, 0.6) is 0 Å². The van der Waals surface area contributed by atoms with Gasteiger partial charge in [-0.25, -0.2) is 4.79 Å². The minimum Gasteiger partial charge on any atom is -0.352 e. The Hall–Kier alpha value is -3.84. The summed E-state index contributed by atoms with van der Waals surface area (Å²) in [6.07, 6.45) is 0.156. The molecule has 4 amide bonds. The van der Waals surface area contributed by atoms with Crippen molar-refractivity contribution in [3.8, 4) is 0 Å². The van der Waals surface area contributed by atoms with Crippen LogP contribution in [-0.4, -0.2) is 24.4 Å². The Morgan fingerprint density at radius 2 is 1.42 bits per heavy atom. The molecule has 170 valence electrons. The molecule has 0 aromatic heterocycles. The van der Waals surface area contributed by atoms with E-state index in [-0.39, 0.29) is 36.9 Å². The molecule has 3 aromatic carbocycles. The predicted octanol–water partition coefficient (Wildman–Crippen LogP) is 4.98. The van der Waals surface area contributed by atoms with E-state index in [2.05, 4.69) is 21.3 Å². The van der Waals surface area contributed by atoms with Crippen molar-refractivity contribution in [2.75, 3.05) is 17.2 Å². The minimum absolute atomic E-state index is 0.156. The lowest BCUT2D eigenvalue weighted by atomic mass is 10.1. The fraction of sp³-hybridized carbons (Fsp3) is 0.160. The summed E-state index contributed by atoms with van der Waals surface area (Å²) in [5.41, 5.74) is 2.71. The summed E-state index contributed by atoms with van der Waals surface area (Å²) >= 11 is 5.82. The summed E-state index contributed by atoms with van der Waals surface area (Å²) in [4.78, 5) is 36.4. The number of amides is 4. The third-order valence-corrected chi connectivity index (χ3v) is 5.07. The Kier molecular flexibility index (Phi) is 8.43. The number of hydrogen-bond acceptors (Lipinski definition) is 3. The maximum absolute atomic E-state index is 12.2. The van der Waals surface area contributed by atoms with Crippen LogP contribution in [0.2, 0.25) is 5.02 Å². The molecule has 0 heterocycles. The molecule has 0 aliphatic heterocycles. The normalized spacial score (nSPS) is 11.2. The van der Waals surface area contributed by atoms with E-state index < -0.39 is 0 Å². The van der Waals surface area contributed by atoms with E-state index in [0.717, 1.165) is 5.56 Å². The van der Waals surface area contributed by atoms with E-state index in [0.29, 0.717) is 22.0 Å². The summed E-state index contributed by atoms with van der Waals surface area (Å²) in [5, 5.41) is 11.7. The molecular weight excluding hydrogens is 440 g/mol. The molecule has 0 radical (unpaired) electrons.